The van der Waals surface area contributed by atoms with E-state index >= 15 is 0 Å². The van der Waals surface area contributed by atoms with Crippen LogP contribution in [0.15, 0.2) is 24.3 Å². The Bertz CT molecular complexity index is 1700. The van der Waals surface area contributed by atoms with Crippen LogP contribution in [0.25, 0.3) is 0 Å². The molecule has 4 aliphatic rings. The smallest absolute Gasteiger partial charge is 0.288 e. The normalized spacial score (nSPS) is 23.4. The lowest BCUT2D eigenvalue weighted by molar-refractivity contribution is 0.0737. The molecule has 4 N–H and O–H groups in total. The molecule has 2 saturated heterocycles. The summed E-state index contributed by atoms with van der Waals surface area (Å²) in [5.41, 5.74) is 1.22. The molecule has 2 amide bonds. The number of aliphatic hydroxyl groups excluding tert-OH is 1. The van der Waals surface area contributed by atoms with Crippen LogP contribution in [0.5, 0.6) is 23.0 Å². The number of carbonyl (C=O) groups excluding carboxylic acids is 2. The van der Waals surface area contributed by atoms with Crippen molar-refractivity contribution in [3.63, 3.8) is 0 Å². The Balaban J connectivity index is 1.21. The third kappa shape index (κ3) is 5.94. The number of methoxy groups -OCH3 is 2. The molecule has 4 atom stereocenters. The van der Waals surface area contributed by atoms with E-state index in [1.807, 2.05) is 4.90 Å². The topological polar surface area (TPSA) is 193 Å². The van der Waals surface area contributed by atoms with Gasteiger partial charge in [-0.15, -0.1) is 0 Å². The average Bonchev–Trinajstić information content (AvgIpc) is 3.68. The van der Waals surface area contributed by atoms with Crippen LogP contribution < -0.4 is 29.6 Å². The van der Waals surface area contributed by atoms with Crippen LogP contribution >= 0.6 is 7.14 Å². The van der Waals surface area contributed by atoms with E-state index in [1.165, 1.54) is 31.3 Å². The molecule has 2 aromatic rings. The molecule has 46 heavy (non-hydrogen) atoms. The fraction of sp³-hybridized carbons (Fsp3) is 0.517. The minimum Gasteiger partial charge on any atom is -0.493 e. The summed E-state index contributed by atoms with van der Waals surface area (Å²) < 4.78 is 70.9. The number of rotatable bonds is 10. The number of carbonyl (C=O) groups is 2. The molecule has 6 rings (SSSR count). The highest BCUT2D eigenvalue weighted by Crippen LogP contribution is 2.48. The van der Waals surface area contributed by atoms with Gasteiger partial charge in [-0.2, -0.15) is 8.42 Å². The van der Waals surface area contributed by atoms with Crippen LogP contribution in [-0.4, -0.2) is 110 Å². The molecule has 2 aromatic carbocycles. The van der Waals surface area contributed by atoms with Gasteiger partial charge in [0.2, 0.25) is 0 Å². The zero-order valence-corrected chi connectivity index (χ0v) is 27.1. The fourth-order valence-electron chi connectivity index (χ4n) is 6.51. The molecule has 2 fully saturated rings. The quantitative estimate of drug-likeness (QED) is 0.212. The van der Waals surface area contributed by atoms with Gasteiger partial charge >= 0.3 is 0 Å². The fourth-order valence-corrected chi connectivity index (χ4v) is 8.45. The van der Waals surface area contributed by atoms with Gasteiger partial charge in [-0.25, -0.2) is 0 Å². The van der Waals surface area contributed by atoms with Crippen molar-refractivity contribution in [2.45, 2.75) is 43.1 Å². The van der Waals surface area contributed by atoms with Gasteiger partial charge in [0.05, 0.1) is 42.8 Å². The summed E-state index contributed by atoms with van der Waals surface area (Å²) in [7, 11) is -5.41. The lowest BCUT2D eigenvalue weighted by atomic mass is 10.1. The van der Waals surface area contributed by atoms with E-state index in [4.69, 9.17) is 18.9 Å². The highest BCUT2D eigenvalue weighted by Gasteiger charge is 2.45. The van der Waals surface area contributed by atoms with Crippen LogP contribution in [0, 0.1) is 0 Å². The van der Waals surface area contributed by atoms with Crippen molar-refractivity contribution in [1.29, 1.82) is 0 Å². The Kier molecular flexibility index (Phi) is 8.74. The van der Waals surface area contributed by atoms with E-state index < -0.39 is 53.6 Å². The van der Waals surface area contributed by atoms with E-state index in [9.17, 15) is 32.2 Å². The Hall–Kier alpha value is -3.72. The lowest BCUT2D eigenvalue weighted by Crippen LogP contribution is -2.47. The van der Waals surface area contributed by atoms with Crippen molar-refractivity contribution >= 4 is 40.4 Å². The number of fused-ring (bicyclic) bond motifs is 4. The third-order valence-electron chi connectivity index (χ3n) is 8.93. The predicted octanol–water partition coefficient (Wildman–Crippen LogP) is 2.66. The predicted molar refractivity (Wildman–Crippen MR) is 167 cm³/mol. The summed E-state index contributed by atoms with van der Waals surface area (Å²) in [4.78, 5) is 29.8. The zero-order chi connectivity index (χ0) is 32.8. The monoisotopic (exact) mass is 680 g/mol. The second-order valence-electron chi connectivity index (χ2n) is 11.8. The molecule has 4 heterocycles. The Morgan fingerprint density at radius 3 is 2.04 bits per heavy atom. The maximum atomic E-state index is 13.7. The number of amides is 2. The molecule has 0 bridgehead atoms. The highest BCUT2D eigenvalue weighted by atomic mass is 32.2. The van der Waals surface area contributed by atoms with Crippen molar-refractivity contribution in [2.75, 3.05) is 63.5 Å². The van der Waals surface area contributed by atoms with Crippen LogP contribution in [0.1, 0.15) is 46.4 Å². The van der Waals surface area contributed by atoms with E-state index in [0.29, 0.717) is 43.7 Å². The zero-order valence-electron chi connectivity index (χ0n) is 25.4. The van der Waals surface area contributed by atoms with Crippen LogP contribution in [0.4, 0.5) is 11.4 Å². The molecular formula is C29H37N4O11PS. The summed E-state index contributed by atoms with van der Waals surface area (Å²) in [5, 5.41) is 14.8. The Labute approximate surface area is 266 Å². The lowest BCUT2D eigenvalue weighted by Gasteiger charge is -2.27. The van der Waals surface area contributed by atoms with Gasteiger partial charge < -0.3 is 49.1 Å². The number of aliphatic hydroxyl groups is 1. The van der Waals surface area contributed by atoms with E-state index in [-0.39, 0.29) is 46.2 Å². The van der Waals surface area contributed by atoms with Gasteiger partial charge in [0.15, 0.2) is 35.5 Å². The number of hydrogen-bond acceptors (Lipinski definition) is 12. The average molecular weight is 681 g/mol. The van der Waals surface area contributed by atoms with Crippen molar-refractivity contribution < 1.29 is 51.2 Å². The van der Waals surface area contributed by atoms with Crippen LogP contribution in [0.3, 0.4) is 0 Å². The molecule has 0 radical (unpaired) electrons. The first-order chi connectivity index (χ1) is 22.0. The molecule has 0 saturated carbocycles. The first-order valence-corrected chi connectivity index (χ1v) is 18.7. The molecule has 250 valence electrons. The largest absolute Gasteiger partial charge is 0.493 e. The number of nitrogens with one attached hydrogen (secondary N) is 2. The number of hydrogen-bond donors (Lipinski definition) is 4. The summed E-state index contributed by atoms with van der Waals surface area (Å²) >= 11 is 0. The molecule has 0 spiro atoms. The van der Waals surface area contributed by atoms with E-state index in [0.717, 1.165) is 12.8 Å². The molecule has 2 unspecified atom stereocenters. The molecule has 0 aliphatic carbocycles. The number of benzene rings is 2. The third-order valence-corrected chi connectivity index (χ3v) is 11.7. The first kappa shape index (κ1) is 32.2. The summed E-state index contributed by atoms with van der Waals surface area (Å²) in [5.74, 6) is 0.0902. The van der Waals surface area contributed by atoms with E-state index in [1.54, 1.807) is 12.1 Å². The van der Waals surface area contributed by atoms with Crippen molar-refractivity contribution in [1.82, 2.24) is 9.80 Å². The highest BCUT2D eigenvalue weighted by molar-refractivity contribution is 7.86. The molecule has 4 aliphatic heterocycles. The number of ether oxygens (including phenoxy) is 4. The minimum absolute atomic E-state index is 0.0252. The maximum absolute atomic E-state index is 13.7. The van der Waals surface area contributed by atoms with Crippen molar-refractivity contribution in [3.8, 4) is 23.0 Å². The second-order valence-corrected chi connectivity index (χ2v) is 16.3. The maximum Gasteiger partial charge on any atom is 0.288 e. The van der Waals surface area contributed by atoms with Crippen molar-refractivity contribution in [3.05, 3.63) is 35.4 Å². The van der Waals surface area contributed by atoms with E-state index in [2.05, 4.69) is 10.6 Å². The summed E-state index contributed by atoms with van der Waals surface area (Å²) in [6.45, 7) is 1.60. The van der Waals surface area contributed by atoms with Gasteiger partial charge in [-0.05, 0) is 37.8 Å². The molecular weight excluding hydrogens is 643 g/mol. The summed E-state index contributed by atoms with van der Waals surface area (Å²) in [6, 6.07) is 5.26. The molecule has 15 nitrogen and oxygen atoms in total. The van der Waals surface area contributed by atoms with Crippen LogP contribution in [0.2, 0.25) is 0 Å². The van der Waals surface area contributed by atoms with Gasteiger partial charge in [-0.1, -0.05) is 0 Å². The number of anilines is 2. The standard InChI is InChI=1S/C29H37N4O11PS/c1-41-23-9-18-20(30-13-17-5-3-7-32(17)28(18)35)11-25(23)43-15-45(37,14-34)16-44-26-12-21-19(10-24(26)42-2)29(36)33-8-4-6-22(33)27(31-21)46(38,39)40/h9-12,17,22,27,30-31,34H,3-8,13-16H2,1-2H3,(H,38,39,40)/t17-,22-,27?,45?/m0/s1. The van der Waals surface area contributed by atoms with Gasteiger partial charge in [0.1, 0.15) is 19.0 Å². The van der Waals surface area contributed by atoms with Gasteiger partial charge in [-0.3, -0.25) is 14.1 Å². The Morgan fingerprint density at radius 2 is 1.43 bits per heavy atom. The molecule has 17 heteroatoms. The van der Waals surface area contributed by atoms with Gasteiger partial charge in [0, 0.05) is 37.8 Å². The van der Waals surface area contributed by atoms with Crippen molar-refractivity contribution in [2.24, 2.45) is 0 Å². The molecule has 0 aromatic heterocycles. The van der Waals surface area contributed by atoms with Crippen LogP contribution in [-0.2, 0) is 14.7 Å². The first-order valence-electron chi connectivity index (χ1n) is 14.9. The van der Waals surface area contributed by atoms with Gasteiger partial charge in [0.25, 0.3) is 21.9 Å². The minimum atomic E-state index is -4.60. The summed E-state index contributed by atoms with van der Waals surface area (Å²) in [6.07, 6.45) is 1.13. The Morgan fingerprint density at radius 1 is 0.870 bits per heavy atom. The second kappa shape index (κ2) is 12.5. The SMILES string of the molecule is COc1cc2c(cc1OCP(=O)(CO)COc1cc3c(cc1OC)C(=O)N1CCC[C@H]1C(S(=O)(=O)O)N3)NC[C@@H]1CCCN1C2=O. The number of nitrogens with zero attached hydrogens (tertiary/aromatic N) is 2.